The predicted molar refractivity (Wildman–Crippen MR) is 80.8 cm³/mol. The first-order chi connectivity index (χ1) is 9.47. The average molecular weight is 337 g/mol. The van der Waals surface area contributed by atoms with Crippen molar-refractivity contribution in [1.82, 2.24) is 4.90 Å². The quantitative estimate of drug-likeness (QED) is 0.872. The fourth-order valence-corrected chi connectivity index (χ4v) is 2.34. The summed E-state index contributed by atoms with van der Waals surface area (Å²) in [6.45, 7) is 0.395. The smallest absolute Gasteiger partial charge is 0.256 e. The number of halogens is 2. The van der Waals surface area contributed by atoms with Gasteiger partial charge in [-0.3, -0.25) is 4.79 Å². The van der Waals surface area contributed by atoms with E-state index in [1.165, 1.54) is 23.1 Å². The number of rotatable bonds is 3. The van der Waals surface area contributed by atoms with Crippen LogP contribution in [0.4, 0.5) is 10.1 Å². The van der Waals surface area contributed by atoms with Crippen LogP contribution in [0, 0.1) is 5.82 Å². The number of hydrogen-bond donors (Lipinski definition) is 1. The van der Waals surface area contributed by atoms with Crippen LogP contribution in [0.25, 0.3) is 0 Å². The number of hydrogen-bond acceptors (Lipinski definition) is 2. The van der Waals surface area contributed by atoms with Crippen LogP contribution in [0.3, 0.4) is 0 Å². The van der Waals surface area contributed by atoms with Crippen molar-refractivity contribution in [2.75, 3.05) is 12.8 Å². The first-order valence-corrected chi connectivity index (χ1v) is 6.81. The van der Waals surface area contributed by atoms with Gasteiger partial charge in [0.05, 0.1) is 5.56 Å². The molecule has 1 amide bonds. The number of nitrogens with two attached hydrogens (primary N) is 1. The highest BCUT2D eigenvalue weighted by molar-refractivity contribution is 9.10. The van der Waals surface area contributed by atoms with E-state index in [1.807, 2.05) is 24.3 Å². The van der Waals surface area contributed by atoms with E-state index in [1.54, 1.807) is 7.05 Å². The van der Waals surface area contributed by atoms with E-state index >= 15 is 0 Å². The van der Waals surface area contributed by atoms with Crippen LogP contribution >= 0.6 is 15.9 Å². The lowest BCUT2D eigenvalue weighted by Gasteiger charge is -2.18. The summed E-state index contributed by atoms with van der Waals surface area (Å²) in [6.07, 6.45) is 0. The predicted octanol–water partition coefficient (Wildman–Crippen LogP) is 3.44. The SMILES string of the molecule is CN(Cc1cccc(Br)c1)C(=O)c1cc(N)ccc1F. The zero-order chi connectivity index (χ0) is 14.7. The molecule has 2 aromatic rings. The summed E-state index contributed by atoms with van der Waals surface area (Å²) in [6, 6.07) is 11.6. The Kier molecular flexibility index (Phi) is 4.39. The second-order valence-electron chi connectivity index (χ2n) is 4.53. The Morgan fingerprint density at radius 1 is 1.30 bits per heavy atom. The molecule has 2 rings (SSSR count). The molecule has 0 saturated carbocycles. The van der Waals surface area contributed by atoms with Crippen LogP contribution in [-0.4, -0.2) is 17.9 Å². The van der Waals surface area contributed by atoms with Crippen molar-refractivity contribution in [3.8, 4) is 0 Å². The molecule has 0 spiro atoms. The monoisotopic (exact) mass is 336 g/mol. The molecule has 0 aliphatic carbocycles. The number of carbonyl (C=O) groups is 1. The largest absolute Gasteiger partial charge is 0.399 e. The van der Waals surface area contributed by atoms with Crippen molar-refractivity contribution in [3.63, 3.8) is 0 Å². The summed E-state index contributed by atoms with van der Waals surface area (Å²) in [4.78, 5) is 13.7. The van der Waals surface area contributed by atoms with Crippen LogP contribution in [0.1, 0.15) is 15.9 Å². The molecule has 0 saturated heterocycles. The number of nitrogen functional groups attached to an aromatic ring is 1. The molecule has 104 valence electrons. The molecular weight excluding hydrogens is 323 g/mol. The summed E-state index contributed by atoms with van der Waals surface area (Å²) < 4.78 is 14.6. The molecule has 0 radical (unpaired) electrons. The lowest BCUT2D eigenvalue weighted by Crippen LogP contribution is -2.27. The highest BCUT2D eigenvalue weighted by atomic mass is 79.9. The fraction of sp³-hybridized carbons (Fsp3) is 0.133. The van der Waals surface area contributed by atoms with Gasteiger partial charge in [0.15, 0.2) is 0 Å². The van der Waals surface area contributed by atoms with Gasteiger partial charge in [-0.05, 0) is 35.9 Å². The fourth-order valence-electron chi connectivity index (χ4n) is 1.89. The van der Waals surface area contributed by atoms with E-state index in [0.717, 1.165) is 10.0 Å². The van der Waals surface area contributed by atoms with E-state index in [-0.39, 0.29) is 5.56 Å². The lowest BCUT2D eigenvalue weighted by molar-refractivity contribution is 0.0780. The van der Waals surface area contributed by atoms with Gasteiger partial charge >= 0.3 is 0 Å². The van der Waals surface area contributed by atoms with Gasteiger partial charge in [-0.25, -0.2) is 4.39 Å². The maximum atomic E-state index is 13.7. The topological polar surface area (TPSA) is 46.3 Å². The molecule has 0 atom stereocenters. The molecule has 2 N–H and O–H groups in total. The van der Waals surface area contributed by atoms with Gasteiger partial charge in [0.1, 0.15) is 5.82 Å². The number of carbonyl (C=O) groups excluding carboxylic acids is 1. The Bertz CT molecular complexity index is 646. The van der Waals surface area contributed by atoms with Crippen LogP contribution in [0.5, 0.6) is 0 Å². The highest BCUT2D eigenvalue weighted by Crippen LogP contribution is 2.17. The molecule has 0 heterocycles. The lowest BCUT2D eigenvalue weighted by atomic mass is 10.1. The molecule has 0 aliphatic rings. The summed E-state index contributed by atoms with van der Waals surface area (Å²) >= 11 is 3.38. The molecule has 0 bridgehead atoms. The molecule has 0 aromatic heterocycles. The molecule has 20 heavy (non-hydrogen) atoms. The Labute approximate surface area is 125 Å². The number of amides is 1. The minimum Gasteiger partial charge on any atom is -0.399 e. The molecule has 0 fully saturated rings. The third-order valence-electron chi connectivity index (χ3n) is 2.88. The number of benzene rings is 2. The van der Waals surface area contributed by atoms with Gasteiger partial charge in [0.2, 0.25) is 0 Å². The van der Waals surface area contributed by atoms with Crippen LogP contribution in [0.2, 0.25) is 0 Å². The van der Waals surface area contributed by atoms with E-state index in [9.17, 15) is 9.18 Å². The standard InChI is InChI=1S/C15H14BrFN2O/c1-19(9-10-3-2-4-11(16)7-10)15(20)13-8-12(18)5-6-14(13)17/h2-8H,9,18H2,1H3. The van der Waals surface area contributed by atoms with Crippen molar-refractivity contribution in [3.05, 3.63) is 63.9 Å². The summed E-state index contributed by atoms with van der Waals surface area (Å²) in [5, 5.41) is 0. The molecule has 3 nitrogen and oxygen atoms in total. The minimum atomic E-state index is -0.565. The van der Waals surface area contributed by atoms with E-state index in [4.69, 9.17) is 5.73 Å². The first-order valence-electron chi connectivity index (χ1n) is 6.02. The summed E-state index contributed by atoms with van der Waals surface area (Å²) in [7, 11) is 1.63. The van der Waals surface area contributed by atoms with E-state index < -0.39 is 11.7 Å². The van der Waals surface area contributed by atoms with Gasteiger partial charge < -0.3 is 10.6 Å². The first kappa shape index (κ1) is 14.5. The van der Waals surface area contributed by atoms with Gasteiger partial charge in [0.25, 0.3) is 5.91 Å². The molecule has 0 aliphatic heterocycles. The van der Waals surface area contributed by atoms with Crippen LogP contribution in [0.15, 0.2) is 46.9 Å². The Morgan fingerprint density at radius 3 is 2.75 bits per heavy atom. The van der Waals surface area contributed by atoms with Crippen LogP contribution in [-0.2, 0) is 6.54 Å². The third kappa shape index (κ3) is 3.36. The van der Waals surface area contributed by atoms with Crippen molar-refractivity contribution in [2.24, 2.45) is 0 Å². The Hall–Kier alpha value is -1.88. The molecule has 2 aromatic carbocycles. The zero-order valence-corrected chi connectivity index (χ0v) is 12.5. The summed E-state index contributed by atoms with van der Waals surface area (Å²) in [5.41, 5.74) is 6.91. The second kappa shape index (κ2) is 6.05. The molecule has 5 heteroatoms. The number of anilines is 1. The molecule has 0 unspecified atom stereocenters. The van der Waals surface area contributed by atoms with E-state index in [2.05, 4.69) is 15.9 Å². The van der Waals surface area contributed by atoms with Crippen molar-refractivity contribution < 1.29 is 9.18 Å². The highest BCUT2D eigenvalue weighted by Gasteiger charge is 2.16. The van der Waals surface area contributed by atoms with Gasteiger partial charge in [-0.2, -0.15) is 0 Å². The number of nitrogens with zero attached hydrogens (tertiary/aromatic N) is 1. The van der Waals surface area contributed by atoms with Gasteiger partial charge in [-0.15, -0.1) is 0 Å². The Morgan fingerprint density at radius 2 is 2.05 bits per heavy atom. The third-order valence-corrected chi connectivity index (χ3v) is 3.37. The maximum absolute atomic E-state index is 13.7. The Balaban J connectivity index is 2.18. The normalized spacial score (nSPS) is 10.3. The zero-order valence-electron chi connectivity index (χ0n) is 10.9. The van der Waals surface area contributed by atoms with E-state index in [0.29, 0.717) is 12.2 Å². The van der Waals surface area contributed by atoms with Crippen molar-refractivity contribution in [1.29, 1.82) is 0 Å². The maximum Gasteiger partial charge on any atom is 0.256 e. The summed E-state index contributed by atoms with van der Waals surface area (Å²) in [5.74, 6) is -0.958. The molecular formula is C15H14BrFN2O. The minimum absolute atomic E-state index is 0.0116. The van der Waals surface area contributed by atoms with Gasteiger partial charge in [0, 0.05) is 23.8 Å². The van der Waals surface area contributed by atoms with Gasteiger partial charge in [-0.1, -0.05) is 28.1 Å². The van der Waals surface area contributed by atoms with Crippen molar-refractivity contribution in [2.45, 2.75) is 6.54 Å². The average Bonchev–Trinajstić information content (AvgIpc) is 2.40. The van der Waals surface area contributed by atoms with Crippen LogP contribution < -0.4 is 5.73 Å². The van der Waals surface area contributed by atoms with Crippen molar-refractivity contribution >= 4 is 27.5 Å². The second-order valence-corrected chi connectivity index (χ2v) is 5.45.